The molecule has 0 spiro atoms. The Hall–Kier alpha value is -0.0800. The van der Waals surface area contributed by atoms with Crippen LogP contribution < -0.4 is 5.32 Å². The molecule has 11 heavy (non-hydrogen) atoms. The number of aliphatic hydroxyl groups excluding tert-OH is 1. The summed E-state index contributed by atoms with van der Waals surface area (Å²) in [6.07, 6.45) is 3.50. The minimum atomic E-state index is 0.362. The van der Waals surface area contributed by atoms with Crippen molar-refractivity contribution in [3.8, 4) is 0 Å². The highest BCUT2D eigenvalue weighted by Gasteiger charge is 2.22. The van der Waals surface area contributed by atoms with Gasteiger partial charge in [-0.15, -0.1) is 0 Å². The van der Waals surface area contributed by atoms with Gasteiger partial charge in [0.05, 0.1) is 0 Å². The largest absolute Gasteiger partial charge is 0.396 e. The lowest BCUT2D eigenvalue weighted by Gasteiger charge is -2.30. The minimum Gasteiger partial charge on any atom is -0.396 e. The number of nitrogens with one attached hydrogen (secondary N) is 1. The molecule has 1 rings (SSSR count). The van der Waals surface area contributed by atoms with Crippen LogP contribution in [0.5, 0.6) is 0 Å². The van der Waals surface area contributed by atoms with Crippen LogP contribution in [0.15, 0.2) is 0 Å². The highest BCUT2D eigenvalue weighted by molar-refractivity contribution is 4.76. The molecule has 0 saturated carbocycles. The number of aliphatic hydroxyl groups is 1. The van der Waals surface area contributed by atoms with Crippen LogP contribution >= 0.6 is 0 Å². The van der Waals surface area contributed by atoms with E-state index in [0.29, 0.717) is 6.61 Å². The van der Waals surface area contributed by atoms with Crippen molar-refractivity contribution in [2.45, 2.75) is 26.2 Å². The number of piperidine rings is 1. The first-order chi connectivity index (χ1) is 5.38. The van der Waals surface area contributed by atoms with Crippen LogP contribution in [0.2, 0.25) is 0 Å². The highest BCUT2D eigenvalue weighted by atomic mass is 16.3. The molecular weight excluding hydrogens is 138 g/mol. The molecule has 2 unspecified atom stereocenters. The topological polar surface area (TPSA) is 32.3 Å². The Bertz CT molecular complexity index is 104. The van der Waals surface area contributed by atoms with E-state index in [1.807, 2.05) is 0 Å². The molecule has 1 saturated heterocycles. The van der Waals surface area contributed by atoms with Crippen molar-refractivity contribution in [3.63, 3.8) is 0 Å². The highest BCUT2D eigenvalue weighted by Crippen LogP contribution is 2.24. The van der Waals surface area contributed by atoms with Crippen molar-refractivity contribution in [1.82, 2.24) is 5.32 Å². The fourth-order valence-electron chi connectivity index (χ4n) is 2.00. The predicted molar refractivity (Wildman–Crippen MR) is 46.5 cm³/mol. The fourth-order valence-corrected chi connectivity index (χ4v) is 2.00. The summed E-state index contributed by atoms with van der Waals surface area (Å²) in [6, 6.07) is 0. The zero-order chi connectivity index (χ0) is 8.10. The number of hydrogen-bond acceptors (Lipinski definition) is 2. The van der Waals surface area contributed by atoms with E-state index >= 15 is 0 Å². The van der Waals surface area contributed by atoms with E-state index in [9.17, 15) is 0 Å². The smallest absolute Gasteiger partial charge is 0.0433 e. The summed E-state index contributed by atoms with van der Waals surface area (Å²) in [5.74, 6) is 1.57. The van der Waals surface area contributed by atoms with E-state index in [2.05, 4.69) is 12.2 Å². The maximum absolute atomic E-state index is 8.81. The average Bonchev–Trinajstić information content (AvgIpc) is 2.06. The molecule has 1 aliphatic rings. The van der Waals surface area contributed by atoms with Gasteiger partial charge >= 0.3 is 0 Å². The summed E-state index contributed by atoms with van der Waals surface area (Å²) >= 11 is 0. The van der Waals surface area contributed by atoms with Crippen molar-refractivity contribution < 1.29 is 5.11 Å². The average molecular weight is 157 g/mol. The van der Waals surface area contributed by atoms with Gasteiger partial charge in [0.15, 0.2) is 0 Å². The summed E-state index contributed by atoms with van der Waals surface area (Å²) in [6.45, 7) is 4.89. The second-order valence-corrected chi connectivity index (χ2v) is 3.43. The van der Waals surface area contributed by atoms with Gasteiger partial charge in [0, 0.05) is 6.61 Å². The Morgan fingerprint density at radius 1 is 1.45 bits per heavy atom. The minimum absolute atomic E-state index is 0.362. The molecule has 0 aromatic heterocycles. The second kappa shape index (κ2) is 4.73. The van der Waals surface area contributed by atoms with Crippen LogP contribution in [-0.2, 0) is 0 Å². The van der Waals surface area contributed by atoms with Crippen molar-refractivity contribution in [2.24, 2.45) is 11.8 Å². The SMILES string of the molecule is CCC1CNCCC1CCO. The van der Waals surface area contributed by atoms with Gasteiger partial charge in [-0.25, -0.2) is 0 Å². The van der Waals surface area contributed by atoms with Crippen molar-refractivity contribution in [3.05, 3.63) is 0 Å². The lowest BCUT2D eigenvalue weighted by Crippen LogP contribution is -2.36. The Morgan fingerprint density at radius 3 is 2.91 bits per heavy atom. The molecule has 0 bridgehead atoms. The van der Waals surface area contributed by atoms with Crippen LogP contribution in [0, 0.1) is 11.8 Å². The normalized spacial score (nSPS) is 32.2. The van der Waals surface area contributed by atoms with Gasteiger partial charge in [0.1, 0.15) is 0 Å². The van der Waals surface area contributed by atoms with E-state index in [1.54, 1.807) is 0 Å². The van der Waals surface area contributed by atoms with Crippen LogP contribution in [0.25, 0.3) is 0 Å². The van der Waals surface area contributed by atoms with Crippen molar-refractivity contribution in [1.29, 1.82) is 0 Å². The number of rotatable bonds is 3. The van der Waals surface area contributed by atoms with Gasteiger partial charge < -0.3 is 10.4 Å². The van der Waals surface area contributed by atoms with Crippen molar-refractivity contribution >= 4 is 0 Å². The molecule has 2 N–H and O–H groups in total. The summed E-state index contributed by atoms with van der Waals surface area (Å²) in [5.41, 5.74) is 0. The van der Waals surface area contributed by atoms with E-state index in [0.717, 1.165) is 31.3 Å². The molecule has 0 aliphatic carbocycles. The third kappa shape index (κ3) is 2.46. The van der Waals surface area contributed by atoms with E-state index < -0.39 is 0 Å². The molecule has 0 aromatic rings. The lowest BCUT2D eigenvalue weighted by molar-refractivity contribution is 0.182. The molecule has 66 valence electrons. The van der Waals surface area contributed by atoms with Gasteiger partial charge in [-0.05, 0) is 37.8 Å². The lowest BCUT2D eigenvalue weighted by atomic mass is 9.83. The number of hydrogen-bond donors (Lipinski definition) is 2. The van der Waals surface area contributed by atoms with Gasteiger partial charge in [-0.2, -0.15) is 0 Å². The quantitative estimate of drug-likeness (QED) is 0.640. The van der Waals surface area contributed by atoms with Crippen LogP contribution in [0.3, 0.4) is 0 Å². The van der Waals surface area contributed by atoms with Crippen LogP contribution in [-0.4, -0.2) is 24.8 Å². The van der Waals surface area contributed by atoms with Crippen LogP contribution in [0.4, 0.5) is 0 Å². The zero-order valence-corrected chi connectivity index (χ0v) is 7.34. The summed E-state index contributed by atoms with van der Waals surface area (Å²) in [4.78, 5) is 0. The Kier molecular flexibility index (Phi) is 3.87. The second-order valence-electron chi connectivity index (χ2n) is 3.43. The third-order valence-electron chi connectivity index (χ3n) is 2.79. The van der Waals surface area contributed by atoms with E-state index in [4.69, 9.17) is 5.11 Å². The first-order valence-corrected chi connectivity index (χ1v) is 4.70. The zero-order valence-electron chi connectivity index (χ0n) is 7.34. The Labute approximate surface area is 69.0 Å². The monoisotopic (exact) mass is 157 g/mol. The van der Waals surface area contributed by atoms with Gasteiger partial charge in [-0.3, -0.25) is 0 Å². The first-order valence-electron chi connectivity index (χ1n) is 4.70. The molecule has 0 radical (unpaired) electrons. The van der Waals surface area contributed by atoms with Crippen LogP contribution in [0.1, 0.15) is 26.2 Å². The molecule has 0 amide bonds. The van der Waals surface area contributed by atoms with Crippen molar-refractivity contribution in [2.75, 3.05) is 19.7 Å². The molecule has 1 heterocycles. The Morgan fingerprint density at radius 2 is 2.27 bits per heavy atom. The summed E-state index contributed by atoms with van der Waals surface area (Å²) in [5, 5.41) is 12.2. The molecule has 2 heteroatoms. The predicted octanol–water partition coefficient (Wildman–Crippen LogP) is 1.00. The Balaban J connectivity index is 2.31. The van der Waals surface area contributed by atoms with Gasteiger partial charge in [-0.1, -0.05) is 13.3 Å². The van der Waals surface area contributed by atoms with E-state index in [1.165, 1.54) is 12.8 Å². The molecule has 2 nitrogen and oxygen atoms in total. The maximum atomic E-state index is 8.81. The molecule has 2 atom stereocenters. The molecule has 1 aliphatic heterocycles. The molecular formula is C9H19NO. The summed E-state index contributed by atoms with van der Waals surface area (Å²) < 4.78 is 0. The summed E-state index contributed by atoms with van der Waals surface area (Å²) in [7, 11) is 0. The molecule has 1 fully saturated rings. The van der Waals surface area contributed by atoms with Gasteiger partial charge in [0.25, 0.3) is 0 Å². The third-order valence-corrected chi connectivity index (χ3v) is 2.79. The maximum Gasteiger partial charge on any atom is 0.0433 e. The first kappa shape index (κ1) is 9.01. The van der Waals surface area contributed by atoms with E-state index in [-0.39, 0.29) is 0 Å². The van der Waals surface area contributed by atoms with Gasteiger partial charge in [0.2, 0.25) is 0 Å². The fraction of sp³-hybridized carbons (Fsp3) is 1.00. The standard InChI is InChI=1S/C9H19NO/c1-2-8-7-10-5-3-9(8)4-6-11/h8-11H,2-7H2,1H3. The molecule has 0 aromatic carbocycles.